The Bertz CT molecular complexity index is 1020. The van der Waals surface area contributed by atoms with Crippen molar-refractivity contribution >= 4 is 15.9 Å². The Labute approximate surface area is 190 Å². The summed E-state index contributed by atoms with van der Waals surface area (Å²) in [5.41, 5.74) is 1.27. The minimum atomic E-state index is -3.58. The predicted octanol–water partition coefficient (Wildman–Crippen LogP) is 3.98. The maximum atomic E-state index is 13.0. The van der Waals surface area contributed by atoms with E-state index < -0.39 is 10.0 Å². The molecule has 0 radical (unpaired) electrons. The number of nitrogens with zero attached hydrogens (tertiary/aromatic N) is 1. The van der Waals surface area contributed by atoms with Crippen LogP contribution in [0.1, 0.15) is 54.9 Å². The van der Waals surface area contributed by atoms with E-state index in [0.717, 1.165) is 37.7 Å². The van der Waals surface area contributed by atoms with Crippen LogP contribution >= 0.6 is 0 Å². The monoisotopic (exact) mass is 460 g/mol. The maximum Gasteiger partial charge on any atom is 0.251 e. The van der Waals surface area contributed by atoms with Gasteiger partial charge in [0.25, 0.3) is 5.91 Å². The Balaban J connectivity index is 1.63. The third-order valence-electron chi connectivity index (χ3n) is 5.86. The number of benzene rings is 2. The summed E-state index contributed by atoms with van der Waals surface area (Å²) in [6.07, 6.45) is 5.07. The molecule has 1 aliphatic carbocycles. The summed E-state index contributed by atoms with van der Waals surface area (Å²) < 4.78 is 38.3. The van der Waals surface area contributed by atoms with Crippen molar-refractivity contribution in [1.82, 2.24) is 9.62 Å². The predicted molar refractivity (Wildman–Crippen MR) is 124 cm³/mol. The summed E-state index contributed by atoms with van der Waals surface area (Å²) in [4.78, 5) is 12.8. The van der Waals surface area contributed by atoms with Gasteiger partial charge in [0.1, 0.15) is 0 Å². The molecule has 1 N–H and O–H groups in total. The number of carbonyl (C=O) groups excluding carboxylic acids is 1. The number of methoxy groups -OCH3 is 1. The van der Waals surface area contributed by atoms with Gasteiger partial charge in [-0.1, -0.05) is 25.3 Å². The van der Waals surface area contributed by atoms with Gasteiger partial charge >= 0.3 is 0 Å². The molecule has 0 aromatic heterocycles. The number of hydrogen-bond donors (Lipinski definition) is 1. The Morgan fingerprint density at radius 3 is 2.38 bits per heavy atom. The zero-order chi connectivity index (χ0) is 23.1. The van der Waals surface area contributed by atoms with Crippen molar-refractivity contribution < 1.29 is 22.7 Å². The summed E-state index contributed by atoms with van der Waals surface area (Å²) in [6.45, 7) is 2.75. The van der Waals surface area contributed by atoms with Gasteiger partial charge in [0.15, 0.2) is 11.5 Å². The number of hydrogen-bond acceptors (Lipinski definition) is 5. The molecule has 1 fully saturated rings. The van der Waals surface area contributed by atoms with E-state index in [4.69, 9.17) is 9.47 Å². The molecule has 1 saturated carbocycles. The number of carbonyl (C=O) groups is 1. The molecule has 2 aromatic rings. The molecule has 0 saturated heterocycles. The molecule has 0 spiro atoms. The Kier molecular flexibility index (Phi) is 8.15. The molecule has 0 unspecified atom stereocenters. The molecular weight excluding hydrogens is 428 g/mol. The lowest BCUT2D eigenvalue weighted by Crippen LogP contribution is -2.38. The van der Waals surface area contributed by atoms with Crippen LogP contribution in [0.2, 0.25) is 0 Å². The summed E-state index contributed by atoms with van der Waals surface area (Å²) >= 11 is 0. The highest BCUT2D eigenvalue weighted by molar-refractivity contribution is 7.89. The number of rotatable bonds is 9. The SMILES string of the molecule is CCOc1ccc(CNC(=O)c2ccc(S(=O)(=O)N(C)C3CCCCC3)cc2)cc1OC. The van der Waals surface area contributed by atoms with E-state index in [2.05, 4.69) is 5.32 Å². The van der Waals surface area contributed by atoms with Crippen LogP contribution in [0.3, 0.4) is 0 Å². The fourth-order valence-corrected chi connectivity index (χ4v) is 5.38. The Morgan fingerprint density at radius 1 is 1.06 bits per heavy atom. The molecular formula is C24H32N2O5S. The van der Waals surface area contributed by atoms with Crippen molar-refractivity contribution in [2.75, 3.05) is 20.8 Å². The number of amides is 1. The van der Waals surface area contributed by atoms with Crippen LogP contribution < -0.4 is 14.8 Å². The molecule has 8 heteroatoms. The number of nitrogens with one attached hydrogen (secondary N) is 1. The van der Waals surface area contributed by atoms with Gasteiger partial charge in [0, 0.05) is 25.2 Å². The van der Waals surface area contributed by atoms with E-state index in [-0.39, 0.29) is 16.8 Å². The molecule has 7 nitrogen and oxygen atoms in total. The highest BCUT2D eigenvalue weighted by Crippen LogP contribution is 2.28. The first-order chi connectivity index (χ1) is 15.4. The first kappa shape index (κ1) is 24.1. The van der Waals surface area contributed by atoms with Crippen molar-refractivity contribution in [3.8, 4) is 11.5 Å². The molecule has 1 aliphatic rings. The third kappa shape index (κ3) is 5.61. The van der Waals surface area contributed by atoms with Gasteiger partial charge in [0.05, 0.1) is 18.6 Å². The maximum absolute atomic E-state index is 13.0. The average molecular weight is 461 g/mol. The summed E-state index contributed by atoms with van der Waals surface area (Å²) in [7, 11) is -0.356. The highest BCUT2D eigenvalue weighted by atomic mass is 32.2. The van der Waals surface area contributed by atoms with Crippen LogP contribution in [-0.4, -0.2) is 45.4 Å². The molecule has 0 bridgehead atoms. The minimum Gasteiger partial charge on any atom is -0.493 e. The van der Waals surface area contributed by atoms with Gasteiger partial charge in [-0.2, -0.15) is 4.31 Å². The van der Waals surface area contributed by atoms with E-state index in [1.165, 1.54) is 16.4 Å². The van der Waals surface area contributed by atoms with Gasteiger partial charge in [0.2, 0.25) is 10.0 Å². The van der Waals surface area contributed by atoms with E-state index >= 15 is 0 Å². The van der Waals surface area contributed by atoms with E-state index in [0.29, 0.717) is 30.2 Å². The second-order valence-electron chi connectivity index (χ2n) is 7.94. The van der Waals surface area contributed by atoms with Gasteiger partial charge in [-0.3, -0.25) is 4.79 Å². The van der Waals surface area contributed by atoms with Crippen LogP contribution in [-0.2, 0) is 16.6 Å². The van der Waals surface area contributed by atoms with Crippen LogP contribution in [0.5, 0.6) is 11.5 Å². The van der Waals surface area contributed by atoms with Crippen LogP contribution in [0.25, 0.3) is 0 Å². The van der Waals surface area contributed by atoms with Crippen LogP contribution in [0.4, 0.5) is 0 Å². The quantitative estimate of drug-likeness (QED) is 0.612. The lowest BCUT2D eigenvalue weighted by molar-refractivity contribution is 0.0950. The molecule has 3 rings (SSSR count). The lowest BCUT2D eigenvalue weighted by Gasteiger charge is -2.30. The standard InChI is InChI=1S/C24H32N2O5S/c1-4-31-22-15-10-18(16-23(22)30-3)17-25-24(27)19-11-13-21(14-12-19)32(28,29)26(2)20-8-6-5-7-9-20/h10-16,20H,4-9,17H2,1-3H3,(H,25,27). The molecule has 0 atom stereocenters. The van der Waals surface area contributed by atoms with Crippen molar-refractivity contribution in [2.24, 2.45) is 0 Å². The van der Waals surface area contributed by atoms with Gasteiger partial charge < -0.3 is 14.8 Å². The van der Waals surface area contributed by atoms with Gasteiger partial charge in [-0.25, -0.2) is 8.42 Å². The fourth-order valence-electron chi connectivity index (χ4n) is 3.97. The van der Waals surface area contributed by atoms with E-state index in [9.17, 15) is 13.2 Å². The summed E-state index contributed by atoms with van der Waals surface area (Å²) in [5.74, 6) is 0.984. The molecule has 174 valence electrons. The van der Waals surface area contributed by atoms with Crippen molar-refractivity contribution in [3.05, 3.63) is 53.6 Å². The minimum absolute atomic E-state index is 0.0443. The number of ether oxygens (including phenoxy) is 2. The second-order valence-corrected chi connectivity index (χ2v) is 9.94. The van der Waals surface area contributed by atoms with Gasteiger partial charge in [-0.05, 0) is 61.7 Å². The fraction of sp³-hybridized carbons (Fsp3) is 0.458. The lowest BCUT2D eigenvalue weighted by atomic mass is 9.96. The normalized spacial score (nSPS) is 14.9. The number of sulfonamides is 1. The van der Waals surface area contributed by atoms with Crippen molar-refractivity contribution in [2.45, 2.75) is 56.5 Å². The van der Waals surface area contributed by atoms with E-state index in [1.54, 1.807) is 26.3 Å². The average Bonchev–Trinajstić information content (AvgIpc) is 2.83. The van der Waals surface area contributed by atoms with Crippen molar-refractivity contribution in [1.29, 1.82) is 0 Å². The zero-order valence-electron chi connectivity index (χ0n) is 19.0. The first-order valence-corrected chi connectivity index (χ1v) is 12.5. The van der Waals surface area contributed by atoms with Crippen molar-refractivity contribution in [3.63, 3.8) is 0 Å². The van der Waals surface area contributed by atoms with E-state index in [1.807, 2.05) is 25.1 Å². The second kappa shape index (κ2) is 10.8. The largest absolute Gasteiger partial charge is 0.493 e. The first-order valence-electron chi connectivity index (χ1n) is 11.0. The van der Waals surface area contributed by atoms with Crippen LogP contribution in [0, 0.1) is 0 Å². The van der Waals surface area contributed by atoms with Crippen LogP contribution in [0.15, 0.2) is 47.4 Å². The van der Waals surface area contributed by atoms with Gasteiger partial charge in [-0.15, -0.1) is 0 Å². The molecule has 32 heavy (non-hydrogen) atoms. The smallest absolute Gasteiger partial charge is 0.251 e. The summed E-state index contributed by atoms with van der Waals surface area (Å²) in [5, 5.41) is 2.86. The molecule has 1 amide bonds. The summed E-state index contributed by atoms with van der Waals surface area (Å²) in [6, 6.07) is 11.7. The highest BCUT2D eigenvalue weighted by Gasteiger charge is 2.29. The Morgan fingerprint density at radius 2 is 1.75 bits per heavy atom. The topological polar surface area (TPSA) is 84.9 Å². The Hall–Kier alpha value is -2.58. The zero-order valence-corrected chi connectivity index (χ0v) is 19.8. The third-order valence-corrected chi connectivity index (χ3v) is 7.79. The molecule has 0 aliphatic heterocycles. The molecule has 0 heterocycles. The molecule has 2 aromatic carbocycles.